The number of nitrogens with zero attached hydrogens (tertiary/aromatic N) is 2. The second-order valence-electron chi connectivity index (χ2n) is 8.68. The Labute approximate surface area is 160 Å². The van der Waals surface area contributed by atoms with Gasteiger partial charge in [0.2, 0.25) is 5.91 Å². The highest BCUT2D eigenvalue weighted by atomic mass is 19.1. The Morgan fingerprint density at radius 3 is 2.63 bits per heavy atom. The van der Waals surface area contributed by atoms with Crippen LogP contribution in [0.3, 0.4) is 0 Å². The first-order chi connectivity index (χ1) is 13.1. The lowest BCUT2D eigenvalue weighted by molar-refractivity contribution is -0.130. The van der Waals surface area contributed by atoms with Crippen molar-refractivity contribution in [2.75, 3.05) is 13.1 Å². The molecule has 1 amide bonds. The fourth-order valence-corrected chi connectivity index (χ4v) is 5.62. The van der Waals surface area contributed by atoms with E-state index in [1.54, 1.807) is 0 Å². The predicted octanol–water partition coefficient (Wildman–Crippen LogP) is 3.23. The number of halogens is 1. The average Bonchev–Trinajstić information content (AvgIpc) is 3.34. The van der Waals surface area contributed by atoms with Crippen molar-refractivity contribution in [2.45, 2.75) is 62.7 Å². The predicted molar refractivity (Wildman–Crippen MR) is 102 cm³/mol. The third-order valence-electron chi connectivity index (χ3n) is 6.84. The van der Waals surface area contributed by atoms with E-state index in [2.05, 4.69) is 35.7 Å². The molecule has 144 valence electrons. The first-order valence-electron chi connectivity index (χ1n) is 10.2. The maximum atomic E-state index is 13.7. The molecule has 0 radical (unpaired) electrons. The third-order valence-corrected chi connectivity index (χ3v) is 6.84. The minimum absolute atomic E-state index is 0.0513. The number of nitriles is 1. The van der Waals surface area contributed by atoms with Crippen molar-refractivity contribution >= 4 is 5.91 Å². The average molecular weight is 369 g/mol. The van der Waals surface area contributed by atoms with E-state index in [-0.39, 0.29) is 31.0 Å². The van der Waals surface area contributed by atoms with Gasteiger partial charge < -0.3 is 10.2 Å². The molecule has 3 fully saturated rings. The molecule has 1 aliphatic heterocycles. The molecular weight excluding hydrogens is 341 g/mol. The third kappa shape index (κ3) is 3.87. The fraction of sp³-hybridized carbons (Fsp3) is 0.636. The van der Waals surface area contributed by atoms with Gasteiger partial charge in [-0.1, -0.05) is 49.6 Å². The Kier molecular flexibility index (Phi) is 5.19. The van der Waals surface area contributed by atoms with Gasteiger partial charge in [0, 0.05) is 12.0 Å². The summed E-state index contributed by atoms with van der Waals surface area (Å²) in [6.45, 7) is 0.243. The smallest absolute Gasteiger partial charge is 0.237 e. The molecule has 3 aliphatic rings. The molecule has 1 N–H and O–H groups in total. The number of hydrogen-bond donors (Lipinski definition) is 1. The number of likely N-dealkylation sites (tertiary alicyclic amines) is 1. The van der Waals surface area contributed by atoms with Crippen molar-refractivity contribution in [1.82, 2.24) is 10.2 Å². The van der Waals surface area contributed by atoms with Gasteiger partial charge in [0.25, 0.3) is 0 Å². The molecular formula is C22H28FN3O. The second kappa shape index (κ2) is 7.59. The van der Waals surface area contributed by atoms with Crippen molar-refractivity contribution in [3.63, 3.8) is 0 Å². The molecule has 5 heteroatoms. The van der Waals surface area contributed by atoms with Crippen molar-refractivity contribution in [1.29, 1.82) is 5.26 Å². The number of amides is 1. The maximum Gasteiger partial charge on any atom is 0.237 e. The molecule has 4 atom stereocenters. The summed E-state index contributed by atoms with van der Waals surface area (Å²) < 4.78 is 13.7. The van der Waals surface area contributed by atoms with Gasteiger partial charge in [-0.25, -0.2) is 4.39 Å². The Hall–Kier alpha value is -1.93. The summed E-state index contributed by atoms with van der Waals surface area (Å²) in [5, 5.41) is 12.8. The van der Waals surface area contributed by atoms with Gasteiger partial charge in [0.1, 0.15) is 12.2 Å². The summed E-state index contributed by atoms with van der Waals surface area (Å²) in [6, 6.07) is 11.9. The maximum absolute atomic E-state index is 13.7. The van der Waals surface area contributed by atoms with Crippen LogP contribution in [0.2, 0.25) is 0 Å². The molecule has 0 aromatic heterocycles. The molecule has 4 nitrogen and oxygen atoms in total. The minimum Gasteiger partial charge on any atom is -0.323 e. The lowest BCUT2D eigenvalue weighted by atomic mass is 9.86. The van der Waals surface area contributed by atoms with E-state index in [9.17, 15) is 14.4 Å². The van der Waals surface area contributed by atoms with Gasteiger partial charge in [0.05, 0.1) is 19.2 Å². The number of hydrogen-bond acceptors (Lipinski definition) is 3. The number of rotatable bonds is 5. The number of fused-ring (bicyclic) bond motifs is 1. The van der Waals surface area contributed by atoms with E-state index in [0.29, 0.717) is 0 Å². The van der Waals surface area contributed by atoms with Crippen LogP contribution in [0.1, 0.15) is 44.1 Å². The molecule has 2 aliphatic carbocycles. The zero-order valence-corrected chi connectivity index (χ0v) is 15.7. The van der Waals surface area contributed by atoms with Crippen molar-refractivity contribution < 1.29 is 9.18 Å². The van der Waals surface area contributed by atoms with Crippen LogP contribution >= 0.6 is 0 Å². The van der Waals surface area contributed by atoms with Gasteiger partial charge in [-0.05, 0) is 36.7 Å². The first kappa shape index (κ1) is 18.4. The second-order valence-corrected chi connectivity index (χ2v) is 8.68. The zero-order chi connectivity index (χ0) is 18.9. The van der Waals surface area contributed by atoms with Crippen molar-refractivity contribution in [3.05, 3.63) is 35.9 Å². The van der Waals surface area contributed by atoms with Crippen LogP contribution < -0.4 is 5.32 Å². The Morgan fingerprint density at radius 2 is 1.96 bits per heavy atom. The van der Waals surface area contributed by atoms with Crippen molar-refractivity contribution in [3.8, 4) is 6.07 Å². The summed E-state index contributed by atoms with van der Waals surface area (Å²) in [6.07, 6.45) is 6.10. The molecule has 4 rings (SSSR count). The number of alkyl halides is 1. The van der Waals surface area contributed by atoms with Gasteiger partial charge in [-0.15, -0.1) is 0 Å². The largest absolute Gasteiger partial charge is 0.323 e. The quantitative estimate of drug-likeness (QED) is 0.867. The Bertz CT molecular complexity index is 704. The minimum atomic E-state index is -1.08. The molecule has 4 unspecified atom stereocenters. The molecule has 27 heavy (non-hydrogen) atoms. The summed E-state index contributed by atoms with van der Waals surface area (Å²) in [5.74, 6) is 1.36. The van der Waals surface area contributed by atoms with E-state index >= 15 is 0 Å². The number of carbonyl (C=O) groups is 1. The highest BCUT2D eigenvalue weighted by Gasteiger charge is 2.47. The monoisotopic (exact) mass is 369 g/mol. The van der Waals surface area contributed by atoms with Crippen LogP contribution in [-0.4, -0.2) is 41.6 Å². The SMILES string of the molecule is N#CC1CC(F)CN1C(=O)CNC1(Cc2ccccc2)CC2CCCC2C1. The van der Waals surface area contributed by atoms with E-state index < -0.39 is 12.2 Å². The molecule has 1 saturated heterocycles. The molecule has 1 aromatic carbocycles. The normalized spacial score (nSPS) is 35.2. The standard InChI is InChI=1S/C22H28FN3O/c23-19-9-20(13-24)26(15-19)21(27)14-25-22(10-16-5-2-1-3-6-16)11-17-7-4-8-18(17)12-22/h1-3,5-6,17-20,25H,4,7-12,14-15H2. The summed E-state index contributed by atoms with van der Waals surface area (Å²) in [4.78, 5) is 14.1. The fourth-order valence-electron chi connectivity index (χ4n) is 5.62. The molecule has 0 spiro atoms. The summed E-state index contributed by atoms with van der Waals surface area (Å²) in [7, 11) is 0. The van der Waals surface area contributed by atoms with Gasteiger partial charge >= 0.3 is 0 Å². The lowest BCUT2D eigenvalue weighted by Crippen LogP contribution is -2.51. The number of carbonyl (C=O) groups excluding carboxylic acids is 1. The van der Waals surface area contributed by atoms with Crippen LogP contribution in [0.4, 0.5) is 4.39 Å². The van der Waals surface area contributed by atoms with Crippen LogP contribution in [-0.2, 0) is 11.2 Å². The molecule has 1 heterocycles. The van der Waals surface area contributed by atoms with E-state index in [1.165, 1.54) is 29.7 Å². The van der Waals surface area contributed by atoms with Gasteiger partial charge in [-0.2, -0.15) is 5.26 Å². The van der Waals surface area contributed by atoms with Crippen molar-refractivity contribution in [2.24, 2.45) is 11.8 Å². The highest BCUT2D eigenvalue weighted by Crippen LogP contribution is 2.49. The molecule has 1 aromatic rings. The lowest BCUT2D eigenvalue weighted by Gasteiger charge is -2.33. The molecule has 0 bridgehead atoms. The van der Waals surface area contributed by atoms with E-state index in [1.807, 2.05) is 6.07 Å². The van der Waals surface area contributed by atoms with Gasteiger partial charge in [0.15, 0.2) is 0 Å². The van der Waals surface area contributed by atoms with E-state index in [4.69, 9.17) is 0 Å². The van der Waals surface area contributed by atoms with Crippen LogP contribution in [0.25, 0.3) is 0 Å². The Balaban J connectivity index is 1.45. The number of benzene rings is 1. The first-order valence-corrected chi connectivity index (χ1v) is 10.2. The van der Waals surface area contributed by atoms with Crippen LogP contribution in [0, 0.1) is 23.2 Å². The topological polar surface area (TPSA) is 56.1 Å². The van der Waals surface area contributed by atoms with Gasteiger partial charge in [-0.3, -0.25) is 4.79 Å². The van der Waals surface area contributed by atoms with E-state index in [0.717, 1.165) is 31.1 Å². The van der Waals surface area contributed by atoms with Crippen LogP contribution in [0.15, 0.2) is 30.3 Å². The summed E-state index contributed by atoms with van der Waals surface area (Å²) >= 11 is 0. The number of nitrogens with one attached hydrogen (secondary N) is 1. The summed E-state index contributed by atoms with van der Waals surface area (Å²) in [5.41, 5.74) is 1.22. The van der Waals surface area contributed by atoms with Crippen LogP contribution in [0.5, 0.6) is 0 Å². The zero-order valence-electron chi connectivity index (χ0n) is 15.7. The Morgan fingerprint density at radius 1 is 1.26 bits per heavy atom. The molecule has 2 saturated carbocycles. The highest BCUT2D eigenvalue weighted by molar-refractivity contribution is 5.79.